The van der Waals surface area contributed by atoms with E-state index >= 15 is 0 Å². The Morgan fingerprint density at radius 3 is 2.39 bits per heavy atom. The molecule has 7 heteroatoms. The van der Waals surface area contributed by atoms with E-state index in [1.54, 1.807) is 20.8 Å². The Labute approximate surface area is 131 Å². The van der Waals surface area contributed by atoms with E-state index in [2.05, 4.69) is 10.3 Å². The largest absolute Gasteiger partial charge is 0.466 e. The number of aryl methyl sites for hydroxylation is 3. The first-order valence-corrected chi connectivity index (χ1v) is 7.02. The SMILES string of the molecule is Cc1cc([C@@H](C)NC(=O)c2ccc(C(F)(F)F)nc2C)c(C)o1. The van der Waals surface area contributed by atoms with Gasteiger partial charge in [-0.1, -0.05) is 0 Å². The van der Waals surface area contributed by atoms with Gasteiger partial charge in [-0.15, -0.1) is 0 Å². The Hall–Kier alpha value is -2.31. The van der Waals surface area contributed by atoms with Crippen LogP contribution in [0.4, 0.5) is 13.2 Å². The molecule has 1 amide bonds. The number of halogens is 3. The highest BCUT2D eigenvalue weighted by atomic mass is 19.4. The van der Waals surface area contributed by atoms with Crippen molar-refractivity contribution in [2.24, 2.45) is 0 Å². The number of carbonyl (C=O) groups excluding carboxylic acids is 1. The summed E-state index contributed by atoms with van der Waals surface area (Å²) >= 11 is 0. The van der Waals surface area contributed by atoms with Crippen LogP contribution in [0.15, 0.2) is 22.6 Å². The maximum Gasteiger partial charge on any atom is 0.433 e. The van der Waals surface area contributed by atoms with E-state index in [4.69, 9.17) is 4.42 Å². The summed E-state index contributed by atoms with van der Waals surface area (Å²) in [4.78, 5) is 15.7. The Morgan fingerprint density at radius 2 is 1.91 bits per heavy atom. The highest BCUT2D eigenvalue weighted by Crippen LogP contribution is 2.28. The average Bonchev–Trinajstić information content (AvgIpc) is 2.76. The number of aromatic nitrogens is 1. The van der Waals surface area contributed by atoms with E-state index in [-0.39, 0.29) is 17.3 Å². The fourth-order valence-electron chi connectivity index (χ4n) is 2.39. The molecule has 0 spiro atoms. The lowest BCUT2D eigenvalue weighted by atomic mass is 10.1. The molecule has 0 saturated carbocycles. The lowest BCUT2D eigenvalue weighted by molar-refractivity contribution is -0.141. The first-order valence-electron chi connectivity index (χ1n) is 7.02. The summed E-state index contributed by atoms with van der Waals surface area (Å²) in [5.74, 6) is 0.943. The maximum atomic E-state index is 12.6. The van der Waals surface area contributed by atoms with Gasteiger partial charge in [0.15, 0.2) is 0 Å². The van der Waals surface area contributed by atoms with Crippen LogP contribution in [0.25, 0.3) is 0 Å². The second kappa shape index (κ2) is 6.06. The van der Waals surface area contributed by atoms with Crippen LogP contribution >= 0.6 is 0 Å². The molecule has 1 atom stereocenters. The van der Waals surface area contributed by atoms with Crippen LogP contribution in [-0.4, -0.2) is 10.9 Å². The number of pyridine rings is 1. The van der Waals surface area contributed by atoms with Crippen molar-refractivity contribution < 1.29 is 22.4 Å². The molecule has 0 radical (unpaired) electrons. The van der Waals surface area contributed by atoms with Crippen molar-refractivity contribution in [3.8, 4) is 0 Å². The Kier molecular flexibility index (Phi) is 4.49. The normalized spacial score (nSPS) is 13.0. The summed E-state index contributed by atoms with van der Waals surface area (Å²) in [5.41, 5.74) is -0.0402. The molecule has 0 saturated heterocycles. The number of hydrogen-bond acceptors (Lipinski definition) is 3. The van der Waals surface area contributed by atoms with Crippen molar-refractivity contribution in [1.29, 1.82) is 0 Å². The number of furan rings is 1. The summed E-state index contributed by atoms with van der Waals surface area (Å²) in [5, 5.41) is 2.75. The molecule has 0 aromatic carbocycles. The van der Waals surface area contributed by atoms with Crippen molar-refractivity contribution >= 4 is 5.91 Å². The van der Waals surface area contributed by atoms with Crippen LogP contribution in [0.3, 0.4) is 0 Å². The minimum Gasteiger partial charge on any atom is -0.466 e. The monoisotopic (exact) mass is 326 g/mol. The summed E-state index contributed by atoms with van der Waals surface area (Å²) in [6, 6.07) is 3.43. The van der Waals surface area contributed by atoms with E-state index in [0.717, 1.165) is 23.5 Å². The number of nitrogens with zero attached hydrogens (tertiary/aromatic N) is 1. The van der Waals surface area contributed by atoms with Gasteiger partial charge >= 0.3 is 6.18 Å². The molecule has 0 aliphatic rings. The van der Waals surface area contributed by atoms with Gasteiger partial charge in [-0.2, -0.15) is 13.2 Å². The molecule has 23 heavy (non-hydrogen) atoms. The summed E-state index contributed by atoms with van der Waals surface area (Å²) < 4.78 is 43.2. The van der Waals surface area contributed by atoms with Gasteiger partial charge < -0.3 is 9.73 Å². The second-order valence-electron chi connectivity index (χ2n) is 5.39. The zero-order valence-electron chi connectivity index (χ0n) is 13.2. The zero-order valence-corrected chi connectivity index (χ0v) is 13.2. The third kappa shape index (κ3) is 3.72. The average molecular weight is 326 g/mol. The van der Waals surface area contributed by atoms with E-state index < -0.39 is 17.8 Å². The lowest BCUT2D eigenvalue weighted by Gasteiger charge is -2.15. The number of amides is 1. The van der Waals surface area contributed by atoms with Crippen molar-refractivity contribution in [2.75, 3.05) is 0 Å². The van der Waals surface area contributed by atoms with Crippen molar-refractivity contribution in [3.05, 3.63) is 52.2 Å². The molecule has 4 nitrogen and oxygen atoms in total. The minimum atomic E-state index is -4.53. The van der Waals surface area contributed by atoms with Gasteiger partial charge in [-0.3, -0.25) is 4.79 Å². The molecule has 2 heterocycles. The predicted octanol–water partition coefficient (Wildman–Crippen LogP) is 4.11. The van der Waals surface area contributed by atoms with Gasteiger partial charge in [0.1, 0.15) is 17.2 Å². The molecule has 1 N–H and O–H groups in total. The lowest BCUT2D eigenvalue weighted by Crippen LogP contribution is -2.28. The third-order valence-corrected chi connectivity index (χ3v) is 3.51. The van der Waals surface area contributed by atoms with Gasteiger partial charge in [-0.05, 0) is 45.9 Å². The smallest absolute Gasteiger partial charge is 0.433 e. The Morgan fingerprint density at radius 1 is 1.26 bits per heavy atom. The van der Waals surface area contributed by atoms with Crippen LogP contribution in [0.2, 0.25) is 0 Å². The topological polar surface area (TPSA) is 55.1 Å². The molecule has 2 rings (SSSR count). The molecule has 0 aliphatic carbocycles. The fraction of sp³-hybridized carbons (Fsp3) is 0.375. The summed E-state index contributed by atoms with van der Waals surface area (Å²) in [6.07, 6.45) is -4.53. The quantitative estimate of drug-likeness (QED) is 0.923. The van der Waals surface area contributed by atoms with Crippen molar-refractivity contribution in [2.45, 2.75) is 39.9 Å². The number of nitrogens with one attached hydrogen (secondary N) is 1. The molecule has 2 aromatic rings. The second-order valence-corrected chi connectivity index (χ2v) is 5.39. The van der Waals surface area contributed by atoms with Crippen LogP contribution in [0.1, 0.15) is 51.8 Å². The van der Waals surface area contributed by atoms with E-state index in [1.165, 1.54) is 6.92 Å². The predicted molar refractivity (Wildman–Crippen MR) is 78.0 cm³/mol. The highest BCUT2D eigenvalue weighted by molar-refractivity contribution is 5.95. The summed E-state index contributed by atoms with van der Waals surface area (Å²) in [7, 11) is 0. The maximum absolute atomic E-state index is 12.6. The third-order valence-electron chi connectivity index (χ3n) is 3.51. The Bertz CT molecular complexity index is 735. The molecular weight excluding hydrogens is 309 g/mol. The summed E-state index contributed by atoms with van der Waals surface area (Å²) in [6.45, 7) is 6.75. The van der Waals surface area contributed by atoms with Gasteiger partial charge in [0.25, 0.3) is 5.91 Å². The van der Waals surface area contributed by atoms with Crippen molar-refractivity contribution in [1.82, 2.24) is 10.3 Å². The van der Waals surface area contributed by atoms with E-state index in [0.29, 0.717) is 5.76 Å². The highest BCUT2D eigenvalue weighted by Gasteiger charge is 2.33. The minimum absolute atomic E-state index is 0.0321. The molecule has 2 aromatic heterocycles. The number of carbonyl (C=O) groups is 1. The molecule has 0 aliphatic heterocycles. The number of rotatable bonds is 3. The van der Waals surface area contributed by atoms with Gasteiger partial charge in [0.2, 0.25) is 0 Å². The van der Waals surface area contributed by atoms with Crippen LogP contribution in [-0.2, 0) is 6.18 Å². The first kappa shape index (κ1) is 17.1. The van der Waals surface area contributed by atoms with Crippen LogP contribution < -0.4 is 5.32 Å². The van der Waals surface area contributed by atoms with E-state index in [1.807, 2.05) is 6.07 Å². The fourth-order valence-corrected chi connectivity index (χ4v) is 2.39. The molecule has 0 unspecified atom stereocenters. The standard InChI is InChI=1S/C16H17F3N2O2/c1-8-7-13(11(4)23-8)10(3)21-15(22)12-5-6-14(16(17,18)19)20-9(12)2/h5-7,10H,1-4H3,(H,21,22)/t10-/m1/s1. The zero-order chi connectivity index (χ0) is 17.4. The molecular formula is C16H17F3N2O2. The number of hydrogen-bond donors (Lipinski definition) is 1. The van der Waals surface area contributed by atoms with Gasteiger partial charge in [0, 0.05) is 5.56 Å². The number of alkyl halides is 3. The van der Waals surface area contributed by atoms with E-state index in [9.17, 15) is 18.0 Å². The molecule has 0 bridgehead atoms. The molecule has 124 valence electrons. The first-order chi connectivity index (χ1) is 10.6. The van der Waals surface area contributed by atoms with Gasteiger partial charge in [-0.25, -0.2) is 4.98 Å². The van der Waals surface area contributed by atoms with Crippen molar-refractivity contribution in [3.63, 3.8) is 0 Å². The van der Waals surface area contributed by atoms with Crippen LogP contribution in [0.5, 0.6) is 0 Å². The van der Waals surface area contributed by atoms with Gasteiger partial charge in [0.05, 0.1) is 17.3 Å². The van der Waals surface area contributed by atoms with Crippen LogP contribution in [0, 0.1) is 20.8 Å². The molecule has 0 fully saturated rings. The Balaban J connectivity index is 2.19.